The molecule has 1 saturated heterocycles. The Balaban J connectivity index is 1.95. The molecule has 0 amide bonds. The summed E-state index contributed by atoms with van der Waals surface area (Å²) >= 11 is 0. The second-order valence-corrected chi connectivity index (χ2v) is 5.72. The zero-order chi connectivity index (χ0) is 11.4. The molecule has 0 bridgehead atoms. The van der Waals surface area contributed by atoms with Gasteiger partial charge in [0, 0.05) is 12.6 Å². The summed E-state index contributed by atoms with van der Waals surface area (Å²) in [5.41, 5.74) is 0.232. The maximum absolute atomic E-state index is 6.17. The second-order valence-electron chi connectivity index (χ2n) is 5.72. The van der Waals surface area contributed by atoms with Crippen LogP contribution in [0.5, 0.6) is 0 Å². The molecule has 2 fully saturated rings. The minimum atomic E-state index is 0.232. The fourth-order valence-corrected chi connectivity index (χ4v) is 3.48. The molecule has 0 aromatic heterocycles. The van der Waals surface area contributed by atoms with Crippen molar-refractivity contribution in [2.24, 2.45) is 5.92 Å². The zero-order valence-corrected chi connectivity index (χ0v) is 10.9. The standard InChI is InChI=1S/C14H27NO/c1-3-12-5-4-8-14(9-6-12)11-13(15-2)7-10-16-14/h12-13,15H,3-11H2,1-2H3. The molecule has 0 aromatic carbocycles. The third-order valence-corrected chi connectivity index (χ3v) is 4.73. The summed E-state index contributed by atoms with van der Waals surface area (Å²) in [7, 11) is 2.09. The van der Waals surface area contributed by atoms with Crippen LogP contribution in [-0.4, -0.2) is 25.3 Å². The highest BCUT2D eigenvalue weighted by molar-refractivity contribution is 4.91. The number of rotatable bonds is 2. The molecular weight excluding hydrogens is 198 g/mol. The van der Waals surface area contributed by atoms with Crippen molar-refractivity contribution in [3.8, 4) is 0 Å². The van der Waals surface area contributed by atoms with Crippen LogP contribution < -0.4 is 5.32 Å². The van der Waals surface area contributed by atoms with E-state index >= 15 is 0 Å². The Morgan fingerprint density at radius 3 is 2.88 bits per heavy atom. The van der Waals surface area contributed by atoms with Crippen LogP contribution in [0.25, 0.3) is 0 Å². The Morgan fingerprint density at radius 1 is 1.25 bits per heavy atom. The average molecular weight is 225 g/mol. The van der Waals surface area contributed by atoms with Crippen molar-refractivity contribution in [1.82, 2.24) is 5.32 Å². The van der Waals surface area contributed by atoms with Gasteiger partial charge in [-0.05, 0) is 45.1 Å². The van der Waals surface area contributed by atoms with Crippen LogP contribution in [-0.2, 0) is 4.74 Å². The molecule has 2 nitrogen and oxygen atoms in total. The maximum Gasteiger partial charge on any atom is 0.0697 e. The molecule has 16 heavy (non-hydrogen) atoms. The van der Waals surface area contributed by atoms with E-state index in [1.807, 2.05) is 0 Å². The fourth-order valence-electron chi connectivity index (χ4n) is 3.48. The van der Waals surface area contributed by atoms with Crippen molar-refractivity contribution in [1.29, 1.82) is 0 Å². The van der Waals surface area contributed by atoms with E-state index in [2.05, 4.69) is 19.3 Å². The first-order chi connectivity index (χ1) is 7.78. The van der Waals surface area contributed by atoms with E-state index in [0.717, 1.165) is 12.5 Å². The van der Waals surface area contributed by atoms with Gasteiger partial charge in [-0.2, -0.15) is 0 Å². The van der Waals surface area contributed by atoms with Gasteiger partial charge in [0.05, 0.1) is 5.60 Å². The molecule has 0 radical (unpaired) electrons. The van der Waals surface area contributed by atoms with E-state index < -0.39 is 0 Å². The van der Waals surface area contributed by atoms with Gasteiger partial charge in [-0.25, -0.2) is 0 Å². The number of hydrogen-bond donors (Lipinski definition) is 1. The molecule has 3 unspecified atom stereocenters. The molecule has 1 saturated carbocycles. The first-order valence-corrected chi connectivity index (χ1v) is 7.09. The predicted molar refractivity (Wildman–Crippen MR) is 67.6 cm³/mol. The SMILES string of the molecule is CCC1CCCC2(CC1)CC(NC)CCO2. The van der Waals surface area contributed by atoms with Crippen molar-refractivity contribution >= 4 is 0 Å². The topological polar surface area (TPSA) is 21.3 Å². The monoisotopic (exact) mass is 225 g/mol. The molecule has 1 N–H and O–H groups in total. The van der Waals surface area contributed by atoms with Crippen molar-refractivity contribution in [2.45, 2.75) is 69.9 Å². The first kappa shape index (κ1) is 12.4. The number of hydrogen-bond acceptors (Lipinski definition) is 2. The van der Waals surface area contributed by atoms with E-state index in [1.54, 1.807) is 0 Å². The lowest BCUT2D eigenvalue weighted by atomic mass is 9.84. The lowest BCUT2D eigenvalue weighted by Gasteiger charge is -2.40. The molecule has 2 heteroatoms. The van der Waals surface area contributed by atoms with Crippen LogP contribution in [0.2, 0.25) is 0 Å². The molecule has 2 rings (SSSR count). The smallest absolute Gasteiger partial charge is 0.0697 e. The normalized spacial score (nSPS) is 40.9. The van der Waals surface area contributed by atoms with Gasteiger partial charge in [0.1, 0.15) is 0 Å². The van der Waals surface area contributed by atoms with Gasteiger partial charge in [-0.1, -0.05) is 26.2 Å². The van der Waals surface area contributed by atoms with Crippen molar-refractivity contribution in [3.05, 3.63) is 0 Å². The van der Waals surface area contributed by atoms with E-state index in [9.17, 15) is 0 Å². The molecule has 1 aliphatic heterocycles. The van der Waals surface area contributed by atoms with Crippen molar-refractivity contribution in [2.75, 3.05) is 13.7 Å². The summed E-state index contributed by atoms with van der Waals surface area (Å²) in [6.07, 6.45) is 10.5. The molecule has 94 valence electrons. The van der Waals surface area contributed by atoms with Crippen LogP contribution in [0.3, 0.4) is 0 Å². The Hall–Kier alpha value is -0.0800. The Kier molecular flexibility index (Phi) is 4.26. The van der Waals surface area contributed by atoms with E-state index in [4.69, 9.17) is 4.74 Å². The van der Waals surface area contributed by atoms with E-state index in [0.29, 0.717) is 6.04 Å². The molecular formula is C14H27NO. The van der Waals surface area contributed by atoms with Crippen LogP contribution >= 0.6 is 0 Å². The Morgan fingerprint density at radius 2 is 2.12 bits per heavy atom. The van der Waals surface area contributed by atoms with Gasteiger partial charge >= 0.3 is 0 Å². The lowest BCUT2D eigenvalue weighted by molar-refractivity contribution is -0.0970. The summed E-state index contributed by atoms with van der Waals surface area (Å²) < 4.78 is 6.17. The second kappa shape index (κ2) is 5.50. The van der Waals surface area contributed by atoms with Gasteiger partial charge in [-0.15, -0.1) is 0 Å². The minimum absolute atomic E-state index is 0.232. The summed E-state index contributed by atoms with van der Waals surface area (Å²) in [4.78, 5) is 0. The largest absolute Gasteiger partial charge is 0.375 e. The number of ether oxygens (including phenoxy) is 1. The van der Waals surface area contributed by atoms with Gasteiger partial charge < -0.3 is 10.1 Å². The summed E-state index contributed by atoms with van der Waals surface area (Å²) in [6.45, 7) is 3.29. The maximum atomic E-state index is 6.17. The average Bonchev–Trinajstić information content (AvgIpc) is 2.52. The van der Waals surface area contributed by atoms with Crippen molar-refractivity contribution in [3.63, 3.8) is 0 Å². The molecule has 1 spiro atoms. The third-order valence-electron chi connectivity index (χ3n) is 4.73. The van der Waals surface area contributed by atoms with Crippen molar-refractivity contribution < 1.29 is 4.74 Å². The highest BCUT2D eigenvalue weighted by Gasteiger charge is 2.38. The quantitative estimate of drug-likeness (QED) is 0.779. The van der Waals surface area contributed by atoms with Crippen LogP contribution in [0, 0.1) is 5.92 Å². The molecule has 0 aromatic rings. The van der Waals surface area contributed by atoms with Crippen LogP contribution in [0.15, 0.2) is 0 Å². The molecule has 1 heterocycles. The molecule has 1 aliphatic carbocycles. The molecule has 2 aliphatic rings. The highest BCUT2D eigenvalue weighted by Crippen LogP contribution is 2.39. The van der Waals surface area contributed by atoms with Crippen LogP contribution in [0.1, 0.15) is 58.3 Å². The predicted octanol–water partition coefficient (Wildman–Crippen LogP) is 3.11. The summed E-state index contributed by atoms with van der Waals surface area (Å²) in [6, 6.07) is 0.687. The third kappa shape index (κ3) is 2.78. The fraction of sp³-hybridized carbons (Fsp3) is 1.00. The van der Waals surface area contributed by atoms with Gasteiger partial charge in [0.15, 0.2) is 0 Å². The summed E-state index contributed by atoms with van der Waals surface area (Å²) in [5, 5.41) is 3.44. The first-order valence-electron chi connectivity index (χ1n) is 7.09. The van der Waals surface area contributed by atoms with E-state index in [1.165, 1.54) is 51.4 Å². The Labute approximate surface area is 100 Å². The van der Waals surface area contributed by atoms with E-state index in [-0.39, 0.29) is 5.60 Å². The highest BCUT2D eigenvalue weighted by atomic mass is 16.5. The lowest BCUT2D eigenvalue weighted by Crippen LogP contribution is -2.45. The van der Waals surface area contributed by atoms with Gasteiger partial charge in [0.2, 0.25) is 0 Å². The zero-order valence-electron chi connectivity index (χ0n) is 10.9. The number of nitrogens with one attached hydrogen (secondary N) is 1. The summed E-state index contributed by atoms with van der Waals surface area (Å²) in [5.74, 6) is 0.956. The van der Waals surface area contributed by atoms with Gasteiger partial charge in [0.25, 0.3) is 0 Å². The van der Waals surface area contributed by atoms with Crippen LogP contribution in [0.4, 0.5) is 0 Å². The molecule has 3 atom stereocenters. The van der Waals surface area contributed by atoms with Gasteiger partial charge in [-0.3, -0.25) is 0 Å². The minimum Gasteiger partial charge on any atom is -0.375 e. The Bertz CT molecular complexity index is 219.